The normalized spacial score (nSPS) is 15.1. The fourth-order valence-corrected chi connectivity index (χ4v) is 5.62. The molecular weight excluding hydrogens is 618 g/mol. The Labute approximate surface area is 267 Å². The number of carboxylic acids is 2. The minimum absolute atomic E-state index is 0.0446. The number of rotatable bonds is 16. The van der Waals surface area contributed by atoms with E-state index in [0.29, 0.717) is 6.42 Å². The molecule has 0 radical (unpaired) electrons. The van der Waals surface area contributed by atoms with Gasteiger partial charge in [-0.05, 0) is 34.6 Å². The van der Waals surface area contributed by atoms with E-state index in [-0.39, 0.29) is 18.9 Å². The second-order valence-corrected chi connectivity index (χ2v) is 13.1. The molecule has 2 aromatic rings. The van der Waals surface area contributed by atoms with Gasteiger partial charge in [-0.15, -0.1) is 0 Å². The van der Waals surface area contributed by atoms with Crippen LogP contribution in [0.3, 0.4) is 0 Å². The number of aliphatic carboxylic acids is 2. The highest BCUT2D eigenvalue weighted by atomic mass is 32.2. The Morgan fingerprint density at radius 2 is 1.48 bits per heavy atom. The number of sulfone groups is 1. The number of ether oxygens (including phenoxy) is 1. The Morgan fingerprint density at radius 3 is 2.00 bits per heavy atom. The average molecular weight is 658 g/mol. The Bertz CT molecular complexity index is 1540. The molecule has 2 unspecified atom stereocenters. The van der Waals surface area contributed by atoms with Crippen LogP contribution in [0.15, 0.2) is 60.0 Å². The highest BCUT2D eigenvalue weighted by molar-refractivity contribution is 7.93. The number of nitrogens with one attached hydrogen (secondary N) is 3. The van der Waals surface area contributed by atoms with Crippen molar-refractivity contribution in [2.24, 2.45) is 5.92 Å². The van der Waals surface area contributed by atoms with E-state index in [2.05, 4.69) is 16.0 Å². The summed E-state index contributed by atoms with van der Waals surface area (Å²) in [6.45, 7) is 3.37. The summed E-state index contributed by atoms with van der Waals surface area (Å²) in [4.78, 5) is 62.2. The first-order valence-electron chi connectivity index (χ1n) is 14.7. The fourth-order valence-electron chi connectivity index (χ4n) is 5.14. The first-order valence-corrected chi connectivity index (χ1v) is 16.7. The molecule has 2 aromatic carbocycles. The van der Waals surface area contributed by atoms with Crippen molar-refractivity contribution in [1.82, 2.24) is 16.0 Å². The molecule has 5 N–H and O–H groups in total. The van der Waals surface area contributed by atoms with E-state index in [1.807, 2.05) is 48.5 Å². The maximum absolute atomic E-state index is 13.4. The molecule has 0 bridgehead atoms. The predicted octanol–water partition coefficient (Wildman–Crippen LogP) is 2.81. The molecule has 3 rings (SSSR count). The van der Waals surface area contributed by atoms with Gasteiger partial charge >= 0.3 is 18.0 Å². The molecule has 0 aromatic heterocycles. The number of carbonyl (C=O) groups excluding carboxylic acids is 3. The molecule has 1 aliphatic rings. The van der Waals surface area contributed by atoms with Crippen molar-refractivity contribution in [3.63, 3.8) is 0 Å². The Kier molecular flexibility index (Phi) is 12.5. The lowest BCUT2D eigenvalue weighted by molar-refractivity contribution is -0.139. The molecule has 4 atom stereocenters. The quantitative estimate of drug-likeness (QED) is 0.178. The van der Waals surface area contributed by atoms with Crippen molar-refractivity contribution < 1.29 is 47.3 Å². The molecule has 1 aliphatic carbocycles. The molecular formula is C32H39N3O10S. The van der Waals surface area contributed by atoms with E-state index in [1.54, 1.807) is 13.8 Å². The number of hydrogen-bond donors (Lipinski definition) is 5. The minimum atomic E-state index is -3.62. The molecule has 3 amide bonds. The molecule has 248 valence electrons. The van der Waals surface area contributed by atoms with E-state index < -0.39 is 76.6 Å². The second kappa shape index (κ2) is 16.0. The van der Waals surface area contributed by atoms with Gasteiger partial charge in [0.2, 0.25) is 11.8 Å². The summed E-state index contributed by atoms with van der Waals surface area (Å²) in [5, 5.41) is 26.7. The first-order chi connectivity index (χ1) is 21.7. The number of fused-ring (bicyclic) bond motifs is 3. The number of hydrogen-bond acceptors (Lipinski definition) is 8. The summed E-state index contributed by atoms with van der Waals surface area (Å²) in [6.07, 6.45) is -0.0103. The summed E-state index contributed by atoms with van der Waals surface area (Å²) in [5.74, 6) is -4.88. The summed E-state index contributed by atoms with van der Waals surface area (Å²) < 4.78 is 28.6. The lowest BCUT2D eigenvalue weighted by Crippen LogP contribution is -2.57. The molecule has 13 nitrogen and oxygen atoms in total. The largest absolute Gasteiger partial charge is 0.481 e. The molecule has 0 aliphatic heterocycles. The topological polar surface area (TPSA) is 205 Å². The van der Waals surface area contributed by atoms with E-state index in [0.717, 1.165) is 40.0 Å². The van der Waals surface area contributed by atoms with Gasteiger partial charge in [-0.25, -0.2) is 13.2 Å². The highest BCUT2D eigenvalue weighted by Gasteiger charge is 2.33. The number of alkyl carbamates (subject to hydrolysis) is 1. The molecule has 0 spiro atoms. The highest BCUT2D eigenvalue weighted by Crippen LogP contribution is 2.44. The Hall–Kier alpha value is -4.72. The summed E-state index contributed by atoms with van der Waals surface area (Å²) in [7, 11) is -3.62. The Morgan fingerprint density at radius 1 is 0.891 bits per heavy atom. The smallest absolute Gasteiger partial charge is 0.407 e. The zero-order valence-electron chi connectivity index (χ0n) is 25.8. The van der Waals surface area contributed by atoms with Crippen LogP contribution in [0.4, 0.5) is 4.79 Å². The standard InChI is InChI=1S/C32H39N3O10S/c1-4-19(2)29(31(41)33-20(17-28(38)39)15-16-46(3,43)44)35-30(40)26(13-14-27(36)37)34-32(42)45-18-25-23-11-7-5-9-21(23)22-10-6-8-12-24(22)25/h5-12,15-16,19-20,25-26,29H,4,13-14,17-18H2,1-3H3,(H,33,41)(H,34,42)(H,35,40)(H,36,37)(H,38,39)/b16-15+/t19?,20-,26+,29?/m1/s1. The predicted molar refractivity (Wildman–Crippen MR) is 168 cm³/mol. The van der Waals surface area contributed by atoms with Gasteiger partial charge in [-0.1, -0.05) is 74.9 Å². The molecule has 46 heavy (non-hydrogen) atoms. The van der Waals surface area contributed by atoms with E-state index in [1.165, 1.54) is 0 Å². The average Bonchev–Trinajstić information content (AvgIpc) is 3.31. The van der Waals surface area contributed by atoms with Crippen molar-refractivity contribution in [3.05, 3.63) is 71.1 Å². The summed E-state index contributed by atoms with van der Waals surface area (Å²) >= 11 is 0. The maximum Gasteiger partial charge on any atom is 0.407 e. The summed E-state index contributed by atoms with van der Waals surface area (Å²) in [6, 6.07) is 11.7. The van der Waals surface area contributed by atoms with Crippen LogP contribution < -0.4 is 16.0 Å². The van der Waals surface area contributed by atoms with E-state index in [4.69, 9.17) is 4.74 Å². The van der Waals surface area contributed by atoms with Crippen LogP contribution in [0.1, 0.15) is 56.6 Å². The molecule has 0 saturated heterocycles. The first kappa shape index (κ1) is 35.8. The molecule has 0 heterocycles. The monoisotopic (exact) mass is 657 g/mol. The lowest BCUT2D eigenvalue weighted by Gasteiger charge is -2.27. The zero-order chi connectivity index (χ0) is 34.0. The third-order valence-electron chi connectivity index (χ3n) is 7.67. The third kappa shape index (κ3) is 10.2. The summed E-state index contributed by atoms with van der Waals surface area (Å²) in [5.41, 5.74) is 4.01. The van der Waals surface area contributed by atoms with Gasteiger partial charge in [0, 0.05) is 24.0 Å². The zero-order valence-corrected chi connectivity index (χ0v) is 26.6. The van der Waals surface area contributed by atoms with Gasteiger partial charge in [0.05, 0.1) is 12.5 Å². The van der Waals surface area contributed by atoms with Gasteiger partial charge in [-0.2, -0.15) is 0 Å². The lowest BCUT2D eigenvalue weighted by atomic mass is 9.97. The minimum Gasteiger partial charge on any atom is -0.481 e. The van der Waals surface area contributed by atoms with Crippen LogP contribution in [-0.2, 0) is 33.8 Å². The molecule has 0 saturated carbocycles. The van der Waals surface area contributed by atoms with Crippen molar-refractivity contribution >= 4 is 39.7 Å². The maximum atomic E-state index is 13.4. The van der Waals surface area contributed by atoms with Crippen LogP contribution >= 0.6 is 0 Å². The van der Waals surface area contributed by atoms with Crippen molar-refractivity contribution in [2.75, 3.05) is 12.9 Å². The van der Waals surface area contributed by atoms with Crippen molar-refractivity contribution in [1.29, 1.82) is 0 Å². The SMILES string of the molecule is CCC(C)C(NC(=O)[C@H](CCC(=O)O)NC(=O)OCC1c2ccccc2-c2ccccc21)C(=O)N[C@H](/C=C/S(C)(=O)=O)CC(=O)O. The number of benzene rings is 2. The van der Waals surface area contributed by atoms with E-state index in [9.17, 15) is 42.6 Å². The van der Waals surface area contributed by atoms with Gasteiger partial charge in [-0.3, -0.25) is 19.2 Å². The van der Waals surface area contributed by atoms with E-state index >= 15 is 0 Å². The fraction of sp³-hybridized carbons (Fsp3) is 0.406. The van der Waals surface area contributed by atoms with Crippen molar-refractivity contribution in [3.8, 4) is 11.1 Å². The van der Waals surface area contributed by atoms with Crippen molar-refractivity contribution in [2.45, 2.75) is 63.6 Å². The van der Waals surface area contributed by atoms with Gasteiger partial charge in [0.1, 0.15) is 18.7 Å². The number of amides is 3. The van der Waals surface area contributed by atoms with Gasteiger partial charge < -0.3 is 30.9 Å². The Balaban J connectivity index is 1.73. The van der Waals surface area contributed by atoms with Gasteiger partial charge in [0.15, 0.2) is 9.84 Å². The van der Waals surface area contributed by atoms with Crippen LogP contribution in [-0.4, -0.2) is 79.5 Å². The second-order valence-electron chi connectivity index (χ2n) is 11.2. The number of carboxylic acid groups (broad SMARTS) is 2. The molecule has 14 heteroatoms. The van der Waals surface area contributed by atoms with Gasteiger partial charge in [0.25, 0.3) is 0 Å². The third-order valence-corrected chi connectivity index (χ3v) is 8.32. The molecule has 0 fully saturated rings. The van der Waals surface area contributed by atoms with Crippen LogP contribution in [0.5, 0.6) is 0 Å². The van der Waals surface area contributed by atoms with Crippen LogP contribution in [0, 0.1) is 5.92 Å². The number of carbonyl (C=O) groups is 5. The van der Waals surface area contributed by atoms with Crippen LogP contribution in [0.2, 0.25) is 0 Å². The van der Waals surface area contributed by atoms with Crippen LogP contribution in [0.25, 0.3) is 11.1 Å².